The van der Waals surface area contributed by atoms with E-state index < -0.39 is 5.97 Å². The Hall–Kier alpha value is -1.06. The molecule has 4 nitrogen and oxygen atoms in total. The summed E-state index contributed by atoms with van der Waals surface area (Å²) in [5.74, 6) is -0.294. The zero-order valence-electron chi connectivity index (χ0n) is 9.75. The van der Waals surface area contributed by atoms with E-state index in [1.807, 2.05) is 6.92 Å². The standard InChI is InChI=1S/C11H21NO3/c1-8(2)4-5-10(13)12-7-9(3)6-11(14)15/h8-9H,4-7H2,1-3H3,(H,12,13)(H,14,15). The summed E-state index contributed by atoms with van der Waals surface area (Å²) in [6.45, 7) is 6.40. The average Bonchev–Trinajstić information content (AvgIpc) is 2.10. The Labute approximate surface area is 91.1 Å². The summed E-state index contributed by atoms with van der Waals surface area (Å²) in [4.78, 5) is 21.6. The highest BCUT2D eigenvalue weighted by atomic mass is 16.4. The van der Waals surface area contributed by atoms with Crippen LogP contribution in [0.1, 0.15) is 40.0 Å². The molecule has 0 aromatic heterocycles. The van der Waals surface area contributed by atoms with Crippen molar-refractivity contribution < 1.29 is 14.7 Å². The van der Waals surface area contributed by atoms with Crippen molar-refractivity contribution in [1.29, 1.82) is 0 Å². The molecule has 88 valence electrons. The van der Waals surface area contributed by atoms with Gasteiger partial charge in [0.2, 0.25) is 5.91 Å². The van der Waals surface area contributed by atoms with Crippen LogP contribution >= 0.6 is 0 Å². The molecule has 0 bridgehead atoms. The molecule has 0 spiro atoms. The topological polar surface area (TPSA) is 66.4 Å². The van der Waals surface area contributed by atoms with Crippen molar-refractivity contribution in [2.75, 3.05) is 6.54 Å². The maximum atomic E-state index is 11.3. The Morgan fingerprint density at radius 1 is 1.27 bits per heavy atom. The van der Waals surface area contributed by atoms with Crippen LogP contribution in [0.5, 0.6) is 0 Å². The van der Waals surface area contributed by atoms with Gasteiger partial charge in [0.15, 0.2) is 0 Å². The second kappa shape index (κ2) is 7.26. The predicted octanol–water partition coefficient (Wildman–Crippen LogP) is 1.65. The van der Waals surface area contributed by atoms with Crippen LogP contribution in [-0.4, -0.2) is 23.5 Å². The summed E-state index contributed by atoms with van der Waals surface area (Å²) in [5.41, 5.74) is 0. The minimum Gasteiger partial charge on any atom is -0.481 e. The number of amides is 1. The molecule has 0 aliphatic heterocycles. The minimum absolute atomic E-state index is 0.00880. The number of carbonyl (C=O) groups excluding carboxylic acids is 1. The highest BCUT2D eigenvalue weighted by molar-refractivity contribution is 5.75. The van der Waals surface area contributed by atoms with E-state index in [0.29, 0.717) is 18.9 Å². The number of carboxylic acid groups (broad SMARTS) is 1. The molecule has 0 heterocycles. The first kappa shape index (κ1) is 13.9. The summed E-state index contributed by atoms with van der Waals surface area (Å²) in [7, 11) is 0. The Morgan fingerprint density at radius 2 is 1.87 bits per heavy atom. The molecule has 0 aromatic carbocycles. The quantitative estimate of drug-likeness (QED) is 0.678. The lowest BCUT2D eigenvalue weighted by Gasteiger charge is -2.10. The minimum atomic E-state index is -0.820. The first-order valence-electron chi connectivity index (χ1n) is 5.40. The molecule has 0 aliphatic carbocycles. The number of carboxylic acids is 1. The van der Waals surface area contributed by atoms with E-state index in [9.17, 15) is 9.59 Å². The van der Waals surface area contributed by atoms with E-state index in [-0.39, 0.29) is 18.2 Å². The smallest absolute Gasteiger partial charge is 0.303 e. The zero-order chi connectivity index (χ0) is 11.8. The molecule has 1 atom stereocenters. The molecule has 0 saturated carbocycles. The third kappa shape index (κ3) is 9.25. The number of hydrogen-bond donors (Lipinski definition) is 2. The summed E-state index contributed by atoms with van der Waals surface area (Å²) >= 11 is 0. The Balaban J connectivity index is 3.57. The normalized spacial score (nSPS) is 12.5. The van der Waals surface area contributed by atoms with Crippen molar-refractivity contribution in [1.82, 2.24) is 5.32 Å². The molecule has 15 heavy (non-hydrogen) atoms. The summed E-state index contributed by atoms with van der Waals surface area (Å²) in [6, 6.07) is 0. The van der Waals surface area contributed by atoms with Gasteiger partial charge in [-0.25, -0.2) is 0 Å². The van der Waals surface area contributed by atoms with Gasteiger partial charge < -0.3 is 10.4 Å². The van der Waals surface area contributed by atoms with Gasteiger partial charge in [-0.15, -0.1) is 0 Å². The number of rotatable bonds is 7. The van der Waals surface area contributed by atoms with Gasteiger partial charge in [0.25, 0.3) is 0 Å². The van der Waals surface area contributed by atoms with Crippen molar-refractivity contribution in [2.45, 2.75) is 40.0 Å². The van der Waals surface area contributed by atoms with Gasteiger partial charge in [-0.2, -0.15) is 0 Å². The molecule has 0 fully saturated rings. The van der Waals surface area contributed by atoms with E-state index in [1.54, 1.807) is 0 Å². The fraction of sp³-hybridized carbons (Fsp3) is 0.818. The number of nitrogens with one attached hydrogen (secondary N) is 1. The fourth-order valence-corrected chi connectivity index (χ4v) is 1.17. The van der Waals surface area contributed by atoms with Crippen LogP contribution in [0.2, 0.25) is 0 Å². The van der Waals surface area contributed by atoms with Crippen LogP contribution in [-0.2, 0) is 9.59 Å². The molecular formula is C11H21NO3. The van der Waals surface area contributed by atoms with Crippen LogP contribution in [0, 0.1) is 11.8 Å². The third-order valence-corrected chi connectivity index (χ3v) is 2.12. The van der Waals surface area contributed by atoms with Gasteiger partial charge >= 0.3 is 5.97 Å². The highest BCUT2D eigenvalue weighted by Crippen LogP contribution is 2.04. The maximum Gasteiger partial charge on any atom is 0.303 e. The maximum absolute atomic E-state index is 11.3. The monoisotopic (exact) mass is 215 g/mol. The lowest BCUT2D eigenvalue weighted by molar-refractivity contribution is -0.138. The molecule has 1 unspecified atom stereocenters. The van der Waals surface area contributed by atoms with Gasteiger partial charge in [0.05, 0.1) is 0 Å². The lowest BCUT2D eigenvalue weighted by atomic mass is 10.1. The van der Waals surface area contributed by atoms with Gasteiger partial charge in [-0.05, 0) is 18.3 Å². The number of aliphatic carboxylic acids is 1. The first-order chi connectivity index (χ1) is 6.91. The molecule has 0 saturated heterocycles. The van der Waals surface area contributed by atoms with E-state index in [0.717, 1.165) is 6.42 Å². The Bertz CT molecular complexity index is 214. The van der Waals surface area contributed by atoms with Crippen LogP contribution in [0.15, 0.2) is 0 Å². The van der Waals surface area contributed by atoms with Crippen LogP contribution < -0.4 is 5.32 Å². The molecule has 4 heteroatoms. The Kier molecular flexibility index (Phi) is 6.75. The fourth-order valence-electron chi connectivity index (χ4n) is 1.17. The van der Waals surface area contributed by atoms with E-state index in [4.69, 9.17) is 5.11 Å². The van der Waals surface area contributed by atoms with Crippen molar-refractivity contribution in [2.24, 2.45) is 11.8 Å². The van der Waals surface area contributed by atoms with Crippen molar-refractivity contribution in [3.63, 3.8) is 0 Å². The van der Waals surface area contributed by atoms with Crippen molar-refractivity contribution in [3.05, 3.63) is 0 Å². The SMILES string of the molecule is CC(C)CCC(=O)NCC(C)CC(=O)O. The highest BCUT2D eigenvalue weighted by Gasteiger charge is 2.09. The molecular weight excluding hydrogens is 194 g/mol. The molecule has 0 rings (SSSR count). The predicted molar refractivity (Wildman–Crippen MR) is 58.5 cm³/mol. The molecule has 0 aliphatic rings. The molecule has 0 radical (unpaired) electrons. The first-order valence-corrected chi connectivity index (χ1v) is 5.40. The average molecular weight is 215 g/mol. The van der Waals surface area contributed by atoms with Crippen molar-refractivity contribution in [3.8, 4) is 0 Å². The number of carbonyl (C=O) groups is 2. The third-order valence-electron chi connectivity index (χ3n) is 2.12. The van der Waals surface area contributed by atoms with E-state index in [1.165, 1.54) is 0 Å². The summed E-state index contributed by atoms with van der Waals surface area (Å²) in [6.07, 6.45) is 1.50. The number of hydrogen-bond acceptors (Lipinski definition) is 2. The van der Waals surface area contributed by atoms with Crippen LogP contribution in [0.25, 0.3) is 0 Å². The van der Waals surface area contributed by atoms with Gasteiger partial charge in [-0.3, -0.25) is 9.59 Å². The van der Waals surface area contributed by atoms with Crippen LogP contribution in [0.3, 0.4) is 0 Å². The van der Waals surface area contributed by atoms with Gasteiger partial charge in [-0.1, -0.05) is 20.8 Å². The second-order valence-corrected chi connectivity index (χ2v) is 4.44. The summed E-state index contributed by atoms with van der Waals surface area (Å²) < 4.78 is 0. The van der Waals surface area contributed by atoms with E-state index >= 15 is 0 Å². The molecule has 0 aromatic rings. The largest absolute Gasteiger partial charge is 0.481 e. The summed E-state index contributed by atoms with van der Waals surface area (Å²) in [5, 5.41) is 11.3. The molecule has 2 N–H and O–H groups in total. The molecule has 1 amide bonds. The van der Waals surface area contributed by atoms with Gasteiger partial charge in [0, 0.05) is 19.4 Å². The Morgan fingerprint density at radius 3 is 2.33 bits per heavy atom. The zero-order valence-corrected chi connectivity index (χ0v) is 9.75. The van der Waals surface area contributed by atoms with E-state index in [2.05, 4.69) is 19.2 Å². The van der Waals surface area contributed by atoms with Gasteiger partial charge in [0.1, 0.15) is 0 Å². The second-order valence-electron chi connectivity index (χ2n) is 4.44. The van der Waals surface area contributed by atoms with Crippen LogP contribution in [0.4, 0.5) is 0 Å². The lowest BCUT2D eigenvalue weighted by Crippen LogP contribution is -2.29. The van der Waals surface area contributed by atoms with Crippen molar-refractivity contribution >= 4 is 11.9 Å².